The fourth-order valence-electron chi connectivity index (χ4n) is 0.0962. The zero-order valence-electron chi connectivity index (χ0n) is 4.68. The number of epoxide rings is 1. The number of halogens is 3. The first-order valence-corrected chi connectivity index (χ1v) is 6.62. The first-order chi connectivity index (χ1) is 3.89. The second-order valence-electron chi connectivity index (χ2n) is 1.54. The van der Waals surface area contributed by atoms with Gasteiger partial charge in [0.25, 0.3) is 0 Å². The van der Waals surface area contributed by atoms with E-state index in [-0.39, 0.29) is 0 Å². The van der Waals surface area contributed by atoms with Crippen LogP contribution in [0.2, 0.25) is 0 Å². The molecule has 1 atom stereocenters. The van der Waals surface area contributed by atoms with E-state index in [1.54, 1.807) is 0 Å². The summed E-state index contributed by atoms with van der Waals surface area (Å²) in [6.07, 6.45) is 0.583. The fraction of sp³-hybridized carbons (Fsp3) is 1.00. The molecule has 0 spiro atoms. The Morgan fingerprint density at radius 3 is 1.67 bits per heavy atom. The predicted molar refractivity (Wildman–Crippen MR) is 40.6 cm³/mol. The van der Waals surface area contributed by atoms with Gasteiger partial charge < -0.3 is 4.74 Å². The van der Waals surface area contributed by atoms with Crippen molar-refractivity contribution in [3.63, 3.8) is 0 Å². The Kier molecular flexibility index (Phi) is 4.52. The standard InChI is InChI=1S/C3H6O.Cl3OP/c1-3-2-4-3;1-5(2,3)4/h3H,2H2,1H3;. The van der Waals surface area contributed by atoms with Crippen LogP contribution in [-0.2, 0) is 9.30 Å². The van der Waals surface area contributed by atoms with Gasteiger partial charge in [0.05, 0.1) is 12.7 Å². The van der Waals surface area contributed by atoms with E-state index < -0.39 is 5.20 Å². The Labute approximate surface area is 68.2 Å². The number of hydrogen-bond donors (Lipinski definition) is 0. The third kappa shape index (κ3) is 27.4. The maximum absolute atomic E-state index is 9.51. The average molecular weight is 211 g/mol. The highest BCUT2D eigenvalue weighted by atomic mass is 36.0. The van der Waals surface area contributed by atoms with E-state index in [0.717, 1.165) is 6.61 Å². The van der Waals surface area contributed by atoms with Gasteiger partial charge in [-0.05, 0) is 40.6 Å². The number of ether oxygens (including phenoxy) is 1. The van der Waals surface area contributed by atoms with Crippen molar-refractivity contribution in [2.75, 3.05) is 6.61 Å². The van der Waals surface area contributed by atoms with Crippen LogP contribution in [0.1, 0.15) is 6.92 Å². The van der Waals surface area contributed by atoms with Crippen LogP contribution >= 0.6 is 38.9 Å². The molecule has 2 nitrogen and oxygen atoms in total. The lowest BCUT2D eigenvalue weighted by molar-refractivity contribution is 0.423. The van der Waals surface area contributed by atoms with Gasteiger partial charge in [0.1, 0.15) is 0 Å². The molecule has 0 aromatic heterocycles. The van der Waals surface area contributed by atoms with Crippen molar-refractivity contribution in [1.82, 2.24) is 0 Å². The summed E-state index contributed by atoms with van der Waals surface area (Å²) in [5.74, 6) is 0. The molecule has 0 radical (unpaired) electrons. The average Bonchev–Trinajstić information content (AvgIpc) is 2.13. The first kappa shape index (κ1) is 10.1. The minimum Gasteiger partial charge on any atom is -0.373 e. The van der Waals surface area contributed by atoms with Gasteiger partial charge in [0.2, 0.25) is 0 Å². The molecule has 0 aromatic carbocycles. The molecule has 0 amide bonds. The molecular formula is C3H6Cl3O2P. The molecule has 6 heteroatoms. The SMILES string of the molecule is CC1CO1.O=P(Cl)(Cl)Cl. The second kappa shape index (κ2) is 4.05. The second-order valence-corrected chi connectivity index (χ2v) is 8.18. The van der Waals surface area contributed by atoms with E-state index in [2.05, 4.69) is 40.6 Å². The van der Waals surface area contributed by atoms with Gasteiger partial charge >= 0.3 is 5.20 Å². The maximum Gasteiger partial charge on any atom is 0.339 e. The van der Waals surface area contributed by atoms with Gasteiger partial charge in [-0.2, -0.15) is 0 Å². The van der Waals surface area contributed by atoms with E-state index >= 15 is 0 Å². The van der Waals surface area contributed by atoms with Crippen molar-refractivity contribution >= 4 is 38.9 Å². The highest BCUT2D eigenvalue weighted by Gasteiger charge is 2.13. The van der Waals surface area contributed by atoms with Gasteiger partial charge in [-0.15, -0.1) is 0 Å². The normalized spacial score (nSPS) is 24.2. The van der Waals surface area contributed by atoms with Crippen LogP contribution < -0.4 is 0 Å². The van der Waals surface area contributed by atoms with Crippen molar-refractivity contribution in [3.05, 3.63) is 0 Å². The van der Waals surface area contributed by atoms with E-state index in [0.29, 0.717) is 6.10 Å². The molecule has 0 N–H and O–H groups in total. The molecular weight excluding hydrogens is 205 g/mol. The van der Waals surface area contributed by atoms with Crippen molar-refractivity contribution in [3.8, 4) is 0 Å². The smallest absolute Gasteiger partial charge is 0.339 e. The molecule has 0 aliphatic carbocycles. The summed E-state index contributed by atoms with van der Waals surface area (Å²) in [6, 6.07) is 0. The molecule has 1 saturated heterocycles. The predicted octanol–water partition coefficient (Wildman–Crippen LogP) is 3.22. The van der Waals surface area contributed by atoms with Crippen LogP contribution in [0.3, 0.4) is 0 Å². The Bertz CT molecular complexity index is 110. The minimum atomic E-state index is -3.22. The van der Waals surface area contributed by atoms with Gasteiger partial charge in [-0.25, -0.2) is 0 Å². The van der Waals surface area contributed by atoms with Crippen molar-refractivity contribution in [1.29, 1.82) is 0 Å². The molecule has 9 heavy (non-hydrogen) atoms. The summed E-state index contributed by atoms with van der Waals surface area (Å²) in [5.41, 5.74) is 0. The summed E-state index contributed by atoms with van der Waals surface area (Å²) in [5, 5.41) is -3.22. The molecule has 1 rings (SSSR count). The highest BCUT2D eigenvalue weighted by Crippen LogP contribution is 2.61. The zero-order chi connectivity index (χ0) is 7.49. The monoisotopic (exact) mass is 210 g/mol. The molecule has 1 heterocycles. The minimum absolute atomic E-state index is 0.583. The molecule has 1 fully saturated rings. The lowest BCUT2D eigenvalue weighted by atomic mass is 10.6. The zero-order valence-corrected chi connectivity index (χ0v) is 7.84. The molecule has 0 bridgehead atoms. The number of hydrogen-bond acceptors (Lipinski definition) is 2. The summed E-state index contributed by atoms with van der Waals surface area (Å²) < 4.78 is 14.2. The Morgan fingerprint density at radius 2 is 1.67 bits per heavy atom. The molecule has 0 aromatic rings. The van der Waals surface area contributed by atoms with E-state index in [9.17, 15) is 4.57 Å². The van der Waals surface area contributed by atoms with Crippen LogP contribution in [0, 0.1) is 0 Å². The lowest BCUT2D eigenvalue weighted by Crippen LogP contribution is -1.60. The van der Waals surface area contributed by atoms with Gasteiger partial charge in [0.15, 0.2) is 0 Å². The van der Waals surface area contributed by atoms with Crippen molar-refractivity contribution < 1.29 is 9.30 Å². The van der Waals surface area contributed by atoms with Gasteiger partial charge in [-0.3, -0.25) is 4.57 Å². The fourth-order valence-corrected chi connectivity index (χ4v) is 0.0962. The summed E-state index contributed by atoms with van der Waals surface area (Å²) in [4.78, 5) is 0. The summed E-state index contributed by atoms with van der Waals surface area (Å²) >= 11 is 13.8. The van der Waals surface area contributed by atoms with E-state index in [1.165, 1.54) is 0 Å². The molecule has 56 valence electrons. The van der Waals surface area contributed by atoms with Gasteiger partial charge in [0, 0.05) is 0 Å². The Hall–Kier alpha value is 1.06. The highest BCUT2D eigenvalue weighted by molar-refractivity contribution is 8.24. The molecule has 0 saturated carbocycles. The number of rotatable bonds is 0. The van der Waals surface area contributed by atoms with Gasteiger partial charge in [-0.1, -0.05) is 0 Å². The lowest BCUT2D eigenvalue weighted by Gasteiger charge is -1.74. The van der Waals surface area contributed by atoms with E-state index in [1.807, 2.05) is 0 Å². The molecule has 1 aliphatic heterocycles. The topological polar surface area (TPSA) is 29.6 Å². The summed E-state index contributed by atoms with van der Waals surface area (Å²) in [7, 11) is 0. The van der Waals surface area contributed by atoms with Crippen LogP contribution in [0.5, 0.6) is 0 Å². The van der Waals surface area contributed by atoms with Crippen molar-refractivity contribution in [2.45, 2.75) is 13.0 Å². The first-order valence-electron chi connectivity index (χ1n) is 2.20. The Morgan fingerprint density at radius 1 is 1.56 bits per heavy atom. The van der Waals surface area contributed by atoms with Crippen LogP contribution in [0.25, 0.3) is 0 Å². The van der Waals surface area contributed by atoms with Crippen LogP contribution in [-0.4, -0.2) is 12.7 Å². The summed E-state index contributed by atoms with van der Waals surface area (Å²) in [6.45, 7) is 3.04. The Balaban J connectivity index is 0.000000144. The molecule has 1 unspecified atom stereocenters. The third-order valence-electron chi connectivity index (χ3n) is 0.500. The maximum atomic E-state index is 9.51. The van der Waals surface area contributed by atoms with Crippen LogP contribution in [0.4, 0.5) is 0 Å². The quantitative estimate of drug-likeness (QED) is 0.455. The third-order valence-corrected chi connectivity index (χ3v) is 0.500. The van der Waals surface area contributed by atoms with Crippen molar-refractivity contribution in [2.24, 2.45) is 0 Å². The molecule has 1 aliphatic rings. The van der Waals surface area contributed by atoms with Crippen LogP contribution in [0.15, 0.2) is 0 Å². The van der Waals surface area contributed by atoms with E-state index in [4.69, 9.17) is 4.74 Å². The largest absolute Gasteiger partial charge is 0.373 e.